The molecule has 3 N–H and O–H groups in total. The van der Waals surface area contributed by atoms with Gasteiger partial charge in [0.05, 0.1) is 0 Å². The van der Waals surface area contributed by atoms with Crippen LogP contribution in [0.15, 0.2) is 0 Å². The maximum Gasteiger partial charge on any atom is 0.0107 e. The van der Waals surface area contributed by atoms with Crippen LogP contribution in [0.2, 0.25) is 0 Å². The van der Waals surface area contributed by atoms with Crippen molar-refractivity contribution in [2.24, 2.45) is 11.7 Å². The lowest BCUT2D eigenvalue weighted by Gasteiger charge is -2.31. The third kappa shape index (κ3) is 4.68. The lowest BCUT2D eigenvalue weighted by Crippen LogP contribution is -2.42. The molecule has 86 valence electrons. The van der Waals surface area contributed by atoms with Crippen molar-refractivity contribution in [3.05, 3.63) is 0 Å². The van der Waals surface area contributed by atoms with E-state index in [0.717, 1.165) is 25.9 Å². The second kappa shape index (κ2) is 7.73. The number of nitrogens with one attached hydrogen (secondary N) is 1. The third-order valence-electron chi connectivity index (χ3n) is 3.37. The molecule has 1 aliphatic carbocycles. The second-order valence-corrected chi connectivity index (χ2v) is 4.50. The molecule has 0 radical (unpaired) electrons. The zero-order valence-corrected chi connectivity index (χ0v) is 9.67. The van der Waals surface area contributed by atoms with E-state index < -0.39 is 0 Å². The van der Waals surface area contributed by atoms with Crippen molar-refractivity contribution in [1.29, 1.82) is 0 Å². The number of nitrogens with two attached hydrogens (primary N) is 1. The van der Waals surface area contributed by atoms with E-state index in [9.17, 15) is 0 Å². The van der Waals surface area contributed by atoms with E-state index in [2.05, 4.69) is 11.2 Å². The molecule has 2 atom stereocenters. The van der Waals surface area contributed by atoms with E-state index in [1.165, 1.54) is 32.1 Å². The number of hydrogen-bond acceptors (Lipinski definition) is 2. The summed E-state index contributed by atoms with van der Waals surface area (Å²) in [4.78, 5) is 0. The Hall–Kier alpha value is -0.520. The molecule has 0 saturated heterocycles. The fraction of sp³-hybridized carbons (Fsp3) is 0.846. The van der Waals surface area contributed by atoms with Gasteiger partial charge in [0.2, 0.25) is 0 Å². The van der Waals surface area contributed by atoms with Crippen molar-refractivity contribution < 1.29 is 0 Å². The predicted octanol–water partition coefficient (Wildman–Crippen LogP) is 1.90. The lowest BCUT2D eigenvalue weighted by molar-refractivity contribution is 0.267. The quantitative estimate of drug-likeness (QED) is 0.517. The van der Waals surface area contributed by atoms with Crippen LogP contribution in [0.3, 0.4) is 0 Å². The Balaban J connectivity index is 2.10. The zero-order valence-electron chi connectivity index (χ0n) is 9.67. The zero-order chi connectivity index (χ0) is 10.9. The summed E-state index contributed by atoms with van der Waals surface area (Å²) in [6.45, 7) is 1.94. The molecule has 0 aliphatic heterocycles. The molecule has 1 aliphatic rings. The Bertz CT molecular complexity index is 195. The molecule has 0 aromatic rings. The molecule has 15 heavy (non-hydrogen) atoms. The topological polar surface area (TPSA) is 38.0 Å². The lowest BCUT2D eigenvalue weighted by atomic mass is 9.84. The summed E-state index contributed by atoms with van der Waals surface area (Å²) in [5, 5.41) is 3.63. The van der Waals surface area contributed by atoms with E-state index in [1.807, 2.05) is 0 Å². The van der Waals surface area contributed by atoms with Gasteiger partial charge >= 0.3 is 0 Å². The summed E-state index contributed by atoms with van der Waals surface area (Å²) < 4.78 is 0. The maximum absolute atomic E-state index is 5.78. The van der Waals surface area contributed by atoms with Crippen LogP contribution >= 0.6 is 0 Å². The molecule has 0 aromatic carbocycles. The van der Waals surface area contributed by atoms with Crippen molar-refractivity contribution >= 4 is 0 Å². The smallest absolute Gasteiger partial charge is 0.0107 e. The molecule has 2 unspecified atom stereocenters. The average Bonchev–Trinajstić information content (AvgIpc) is 2.29. The fourth-order valence-corrected chi connectivity index (χ4v) is 2.40. The Morgan fingerprint density at radius 3 is 2.80 bits per heavy atom. The molecule has 1 saturated carbocycles. The van der Waals surface area contributed by atoms with Gasteiger partial charge in [-0.25, -0.2) is 0 Å². The molecule has 2 heteroatoms. The van der Waals surface area contributed by atoms with Crippen molar-refractivity contribution in [3.63, 3.8) is 0 Å². The van der Waals surface area contributed by atoms with Crippen LogP contribution < -0.4 is 11.1 Å². The van der Waals surface area contributed by atoms with Crippen LogP contribution in [0.5, 0.6) is 0 Å². The SMILES string of the molecule is C#CCCCCNC1CCCCC1CN. The first kappa shape index (κ1) is 12.5. The summed E-state index contributed by atoms with van der Waals surface area (Å²) in [7, 11) is 0. The highest BCUT2D eigenvalue weighted by atomic mass is 14.9. The van der Waals surface area contributed by atoms with E-state index in [1.54, 1.807) is 0 Å². The van der Waals surface area contributed by atoms with Crippen LogP contribution in [0, 0.1) is 18.3 Å². The number of unbranched alkanes of at least 4 members (excludes halogenated alkanes) is 2. The van der Waals surface area contributed by atoms with Crippen LogP contribution in [0.25, 0.3) is 0 Å². The first-order valence-electron chi connectivity index (χ1n) is 6.25. The van der Waals surface area contributed by atoms with Crippen molar-refractivity contribution in [2.45, 2.75) is 51.0 Å². The highest BCUT2D eigenvalue weighted by Gasteiger charge is 2.22. The predicted molar refractivity (Wildman–Crippen MR) is 65.5 cm³/mol. The van der Waals surface area contributed by atoms with Gasteiger partial charge < -0.3 is 11.1 Å². The molecule has 1 rings (SSSR count). The van der Waals surface area contributed by atoms with Gasteiger partial charge in [-0.1, -0.05) is 12.8 Å². The van der Waals surface area contributed by atoms with Crippen molar-refractivity contribution in [1.82, 2.24) is 5.32 Å². The summed E-state index contributed by atoms with van der Waals surface area (Å²) >= 11 is 0. The van der Waals surface area contributed by atoms with E-state index in [4.69, 9.17) is 12.2 Å². The van der Waals surface area contributed by atoms with Gasteiger partial charge in [0.1, 0.15) is 0 Å². The van der Waals surface area contributed by atoms with Crippen LogP contribution in [0.4, 0.5) is 0 Å². The highest BCUT2D eigenvalue weighted by Crippen LogP contribution is 2.23. The van der Waals surface area contributed by atoms with Crippen molar-refractivity contribution in [2.75, 3.05) is 13.1 Å². The Morgan fingerprint density at radius 2 is 2.07 bits per heavy atom. The maximum atomic E-state index is 5.78. The van der Waals surface area contributed by atoms with Gasteiger partial charge in [-0.3, -0.25) is 0 Å². The molecular formula is C13H24N2. The van der Waals surface area contributed by atoms with Gasteiger partial charge in [0.25, 0.3) is 0 Å². The fourth-order valence-electron chi connectivity index (χ4n) is 2.40. The largest absolute Gasteiger partial charge is 0.330 e. The molecule has 2 nitrogen and oxygen atoms in total. The molecule has 0 spiro atoms. The number of terminal acetylenes is 1. The number of hydrogen-bond donors (Lipinski definition) is 2. The summed E-state index contributed by atoms with van der Waals surface area (Å²) in [5.41, 5.74) is 5.78. The monoisotopic (exact) mass is 208 g/mol. The van der Waals surface area contributed by atoms with E-state index in [0.29, 0.717) is 12.0 Å². The molecule has 0 bridgehead atoms. The van der Waals surface area contributed by atoms with Crippen LogP contribution in [-0.4, -0.2) is 19.1 Å². The molecule has 0 amide bonds. The summed E-state index contributed by atoms with van der Waals surface area (Å²) in [6, 6.07) is 0.662. The second-order valence-electron chi connectivity index (χ2n) is 4.50. The van der Waals surface area contributed by atoms with Gasteiger partial charge in [0, 0.05) is 12.5 Å². The van der Waals surface area contributed by atoms with Gasteiger partial charge in [0.15, 0.2) is 0 Å². The summed E-state index contributed by atoms with van der Waals surface area (Å²) in [5.74, 6) is 3.38. The average molecular weight is 208 g/mol. The van der Waals surface area contributed by atoms with Gasteiger partial charge in [-0.2, -0.15) is 0 Å². The van der Waals surface area contributed by atoms with Gasteiger partial charge in [-0.05, 0) is 44.7 Å². The standard InChI is InChI=1S/C13H24N2/c1-2-3-4-7-10-15-13-9-6-5-8-12(13)11-14/h1,12-13,15H,3-11,14H2. The van der Waals surface area contributed by atoms with Gasteiger partial charge in [-0.15, -0.1) is 12.3 Å². The van der Waals surface area contributed by atoms with E-state index >= 15 is 0 Å². The van der Waals surface area contributed by atoms with Crippen LogP contribution in [-0.2, 0) is 0 Å². The van der Waals surface area contributed by atoms with Crippen molar-refractivity contribution in [3.8, 4) is 12.3 Å². The normalized spacial score (nSPS) is 26.1. The Morgan fingerprint density at radius 1 is 1.27 bits per heavy atom. The summed E-state index contributed by atoms with van der Waals surface area (Å²) in [6.07, 6.45) is 13.8. The Labute approximate surface area is 94.0 Å². The third-order valence-corrected chi connectivity index (χ3v) is 3.37. The van der Waals surface area contributed by atoms with E-state index in [-0.39, 0.29) is 0 Å². The molecule has 0 aromatic heterocycles. The minimum atomic E-state index is 0.662. The minimum absolute atomic E-state index is 0.662. The van der Waals surface area contributed by atoms with Crippen LogP contribution in [0.1, 0.15) is 44.9 Å². The molecular weight excluding hydrogens is 184 g/mol. The molecule has 1 fully saturated rings. The minimum Gasteiger partial charge on any atom is -0.330 e. The first-order chi connectivity index (χ1) is 7.38. The highest BCUT2D eigenvalue weighted by molar-refractivity contribution is 4.84. The number of rotatable bonds is 6. The first-order valence-corrected chi connectivity index (χ1v) is 6.25. The Kier molecular flexibility index (Phi) is 6.47. The molecule has 0 heterocycles.